The molecule has 0 unspecified atom stereocenters. The maximum Gasteiger partial charge on any atom is 0.490 e. The number of hydrogen-bond acceptors (Lipinski definition) is 8. The molecule has 3 atom stereocenters. The van der Waals surface area contributed by atoms with Gasteiger partial charge in [0, 0.05) is 12.3 Å². The van der Waals surface area contributed by atoms with Crippen molar-refractivity contribution in [3.63, 3.8) is 0 Å². The standard InChI is InChI=1S/C13H14N4O3S2.C2HF3O2/c1-5-15-16-13(22-5)21-4-7-2-6-3-14-8-9(6)17(11(8)18)10(7)12(19)20;3-2(4,5)1(6)7/h6,8-9,14H,2-4H2,1H3,(H,19,20);(H,6,7)/t6-,8+,9-;/m1./s1. The molecule has 0 bridgehead atoms. The van der Waals surface area contributed by atoms with Gasteiger partial charge in [-0.05, 0) is 24.8 Å². The first-order chi connectivity index (χ1) is 13.5. The van der Waals surface area contributed by atoms with Gasteiger partial charge < -0.3 is 15.5 Å². The third kappa shape index (κ3) is 4.23. The molecule has 0 aromatic carbocycles. The highest BCUT2D eigenvalue weighted by atomic mass is 32.2. The summed E-state index contributed by atoms with van der Waals surface area (Å²) in [6.45, 7) is 2.66. The number of hydrogen-bond donors (Lipinski definition) is 3. The number of carbonyl (C=O) groups excluding carboxylic acids is 1. The van der Waals surface area contributed by atoms with Crippen LogP contribution in [0.2, 0.25) is 0 Å². The summed E-state index contributed by atoms with van der Waals surface area (Å²) in [6.07, 6.45) is -4.36. The van der Waals surface area contributed by atoms with Crippen LogP contribution in [0.25, 0.3) is 0 Å². The number of nitrogens with zero attached hydrogens (tertiary/aromatic N) is 3. The van der Waals surface area contributed by atoms with E-state index in [1.807, 2.05) is 6.92 Å². The molecule has 1 aromatic heterocycles. The minimum atomic E-state index is -5.08. The molecule has 3 N–H and O–H groups in total. The second kappa shape index (κ2) is 7.91. The average molecular weight is 452 g/mol. The molecule has 0 saturated carbocycles. The van der Waals surface area contributed by atoms with Crippen LogP contribution in [0.1, 0.15) is 11.4 Å². The zero-order valence-electron chi connectivity index (χ0n) is 14.8. The van der Waals surface area contributed by atoms with E-state index in [0.29, 0.717) is 11.7 Å². The zero-order chi connectivity index (χ0) is 21.5. The predicted molar refractivity (Wildman–Crippen MR) is 94.3 cm³/mol. The molecule has 4 rings (SSSR count). The van der Waals surface area contributed by atoms with E-state index in [1.54, 1.807) is 0 Å². The number of nitrogens with one attached hydrogen (secondary N) is 1. The first-order valence-corrected chi connectivity index (χ1v) is 10.1. The number of rotatable bonds is 4. The lowest BCUT2D eigenvalue weighted by Crippen LogP contribution is -2.68. The summed E-state index contributed by atoms with van der Waals surface area (Å²) in [5.41, 5.74) is 1.00. The molecule has 0 aliphatic carbocycles. The summed E-state index contributed by atoms with van der Waals surface area (Å²) in [7, 11) is 0. The third-order valence-corrected chi connectivity index (χ3v) is 6.69. The summed E-state index contributed by atoms with van der Waals surface area (Å²) in [4.78, 5) is 34.2. The molecular weight excluding hydrogens is 437 g/mol. The lowest BCUT2D eigenvalue weighted by Gasteiger charge is -2.48. The van der Waals surface area contributed by atoms with Crippen LogP contribution >= 0.6 is 23.1 Å². The van der Waals surface area contributed by atoms with Gasteiger partial charge >= 0.3 is 18.1 Å². The molecule has 14 heteroatoms. The molecule has 0 spiro atoms. The molecule has 29 heavy (non-hydrogen) atoms. The van der Waals surface area contributed by atoms with Crippen molar-refractivity contribution in [3.8, 4) is 0 Å². The van der Waals surface area contributed by atoms with E-state index in [-0.39, 0.29) is 23.7 Å². The van der Waals surface area contributed by atoms with Gasteiger partial charge in [-0.25, -0.2) is 9.59 Å². The van der Waals surface area contributed by atoms with Crippen LogP contribution in [-0.2, 0) is 14.4 Å². The van der Waals surface area contributed by atoms with Crippen LogP contribution in [0.15, 0.2) is 15.6 Å². The summed E-state index contributed by atoms with van der Waals surface area (Å²) in [6, 6.07) is -0.157. The third-order valence-electron chi connectivity index (χ3n) is 4.63. The Labute approximate surface area is 170 Å². The summed E-state index contributed by atoms with van der Waals surface area (Å²) < 4.78 is 32.6. The molecule has 1 amide bonds. The van der Waals surface area contributed by atoms with E-state index in [4.69, 9.17) is 9.90 Å². The lowest BCUT2D eigenvalue weighted by molar-refractivity contribution is -0.192. The molecule has 1 aromatic rings. The highest BCUT2D eigenvalue weighted by Gasteiger charge is 2.59. The Hall–Kier alpha value is -2.19. The van der Waals surface area contributed by atoms with Crippen molar-refractivity contribution in [2.45, 2.75) is 35.9 Å². The number of carboxylic acids is 2. The highest BCUT2D eigenvalue weighted by Crippen LogP contribution is 2.44. The number of thioether (sulfide) groups is 1. The molecule has 2 fully saturated rings. The van der Waals surface area contributed by atoms with E-state index >= 15 is 0 Å². The minimum absolute atomic E-state index is 0.0242. The second-order valence-electron chi connectivity index (χ2n) is 6.48. The van der Waals surface area contributed by atoms with Gasteiger partial charge in [0.25, 0.3) is 0 Å². The Bertz CT molecular complexity index is 888. The first-order valence-electron chi connectivity index (χ1n) is 8.25. The number of carboxylic acid groups (broad SMARTS) is 2. The van der Waals surface area contributed by atoms with Gasteiger partial charge in [-0.3, -0.25) is 9.69 Å². The molecule has 9 nitrogen and oxygen atoms in total. The number of β-lactam (4-membered cyclic amide) rings is 1. The summed E-state index contributed by atoms with van der Waals surface area (Å²) in [5.74, 6) is -3.03. The van der Waals surface area contributed by atoms with E-state index in [0.717, 1.165) is 27.9 Å². The topological polar surface area (TPSA) is 133 Å². The van der Waals surface area contributed by atoms with Crippen LogP contribution in [0.3, 0.4) is 0 Å². The van der Waals surface area contributed by atoms with Crippen LogP contribution in [0.4, 0.5) is 13.2 Å². The first kappa shape index (κ1) is 21.5. The summed E-state index contributed by atoms with van der Waals surface area (Å²) >= 11 is 2.98. The zero-order valence-corrected chi connectivity index (χ0v) is 16.4. The fourth-order valence-electron chi connectivity index (χ4n) is 3.50. The van der Waals surface area contributed by atoms with Gasteiger partial charge in [-0.15, -0.1) is 10.2 Å². The van der Waals surface area contributed by atoms with E-state index in [2.05, 4.69) is 15.5 Å². The van der Waals surface area contributed by atoms with Crippen molar-refractivity contribution in [1.82, 2.24) is 20.4 Å². The highest BCUT2D eigenvalue weighted by molar-refractivity contribution is 8.01. The number of amides is 1. The Kier molecular flexibility index (Phi) is 5.87. The van der Waals surface area contributed by atoms with E-state index in [9.17, 15) is 27.9 Å². The molecule has 0 radical (unpaired) electrons. The molecule has 3 aliphatic heterocycles. The maximum atomic E-state index is 12.1. The number of alkyl halides is 3. The SMILES string of the molecule is Cc1nnc(SCC2=C(C(=O)O)N3C(=O)[C@H]4NC[C@@H](C2)[C@H]43)s1.O=C(O)C(F)(F)F. The minimum Gasteiger partial charge on any atom is -0.477 e. The number of aromatic nitrogens is 2. The van der Waals surface area contributed by atoms with Crippen molar-refractivity contribution in [3.05, 3.63) is 16.3 Å². The van der Waals surface area contributed by atoms with Crippen molar-refractivity contribution < 1.29 is 37.8 Å². The van der Waals surface area contributed by atoms with E-state index < -0.39 is 18.1 Å². The predicted octanol–water partition coefficient (Wildman–Crippen LogP) is 1.11. The van der Waals surface area contributed by atoms with Crippen LogP contribution in [0, 0.1) is 12.8 Å². The van der Waals surface area contributed by atoms with Crippen molar-refractivity contribution in [2.24, 2.45) is 5.92 Å². The van der Waals surface area contributed by atoms with Gasteiger partial charge in [0.15, 0.2) is 4.34 Å². The Morgan fingerprint density at radius 3 is 2.52 bits per heavy atom. The van der Waals surface area contributed by atoms with Gasteiger partial charge in [0.1, 0.15) is 16.7 Å². The number of aryl methyl sites for hydroxylation is 1. The maximum absolute atomic E-state index is 12.1. The second-order valence-corrected chi connectivity index (χ2v) is 8.89. The molecule has 3 aliphatic rings. The van der Waals surface area contributed by atoms with Gasteiger partial charge in [0.2, 0.25) is 5.91 Å². The fourth-order valence-corrected chi connectivity index (χ4v) is 5.34. The van der Waals surface area contributed by atoms with Crippen LogP contribution in [0.5, 0.6) is 0 Å². The molecule has 4 heterocycles. The van der Waals surface area contributed by atoms with Crippen LogP contribution < -0.4 is 5.32 Å². The van der Waals surface area contributed by atoms with Gasteiger partial charge in [0.05, 0.1) is 6.04 Å². The monoisotopic (exact) mass is 452 g/mol. The van der Waals surface area contributed by atoms with Gasteiger partial charge in [-0.1, -0.05) is 23.1 Å². The molecular formula is C15H15F3N4O5S2. The smallest absolute Gasteiger partial charge is 0.477 e. The van der Waals surface area contributed by atoms with E-state index in [1.165, 1.54) is 28.0 Å². The van der Waals surface area contributed by atoms with Crippen molar-refractivity contribution in [1.29, 1.82) is 0 Å². The normalized spacial score (nSPS) is 25.2. The fraction of sp³-hybridized carbons (Fsp3) is 0.533. The number of halogens is 3. The lowest BCUT2D eigenvalue weighted by atomic mass is 9.80. The quantitative estimate of drug-likeness (QED) is 0.454. The van der Waals surface area contributed by atoms with Crippen molar-refractivity contribution in [2.75, 3.05) is 12.3 Å². The van der Waals surface area contributed by atoms with Crippen molar-refractivity contribution >= 4 is 40.9 Å². The molecule has 158 valence electrons. The largest absolute Gasteiger partial charge is 0.490 e. The summed E-state index contributed by atoms with van der Waals surface area (Å²) in [5, 5.41) is 28.8. The Morgan fingerprint density at radius 1 is 1.34 bits per heavy atom. The Morgan fingerprint density at radius 2 is 2.00 bits per heavy atom. The number of aliphatic carboxylic acids is 2. The average Bonchev–Trinajstić information content (AvgIpc) is 3.22. The van der Waals surface area contributed by atoms with Crippen LogP contribution in [-0.4, -0.2) is 73.7 Å². The number of carbonyl (C=O) groups is 3. The van der Waals surface area contributed by atoms with Gasteiger partial charge in [-0.2, -0.15) is 13.2 Å². The molecule has 2 saturated heterocycles. The Balaban J connectivity index is 0.000000298.